The van der Waals surface area contributed by atoms with Crippen LogP contribution in [-0.4, -0.2) is 42.3 Å². The first kappa shape index (κ1) is 18.4. The van der Waals surface area contributed by atoms with Crippen LogP contribution in [0, 0.1) is 0 Å². The third-order valence-electron chi connectivity index (χ3n) is 3.97. The Bertz CT molecular complexity index is 938. The Balaban J connectivity index is 1.81. The van der Waals surface area contributed by atoms with Crippen LogP contribution in [0.5, 0.6) is 0 Å². The van der Waals surface area contributed by atoms with Crippen LogP contribution in [-0.2, 0) is 14.8 Å². The maximum Gasteiger partial charge on any atom is 0.371 e. The molecule has 1 fully saturated rings. The molecule has 0 bridgehead atoms. The van der Waals surface area contributed by atoms with E-state index in [9.17, 15) is 18.0 Å². The predicted molar refractivity (Wildman–Crippen MR) is 92.7 cm³/mol. The van der Waals surface area contributed by atoms with E-state index >= 15 is 0 Å². The van der Waals surface area contributed by atoms with Crippen molar-refractivity contribution in [1.82, 2.24) is 4.31 Å². The van der Waals surface area contributed by atoms with Crippen LogP contribution in [0.15, 0.2) is 45.9 Å². The third-order valence-corrected chi connectivity index (χ3v) is 6.01. The van der Waals surface area contributed by atoms with E-state index in [1.54, 1.807) is 24.3 Å². The van der Waals surface area contributed by atoms with Gasteiger partial charge in [-0.05, 0) is 49.2 Å². The van der Waals surface area contributed by atoms with Gasteiger partial charge >= 0.3 is 5.97 Å². The van der Waals surface area contributed by atoms with Gasteiger partial charge in [0.15, 0.2) is 0 Å². The van der Waals surface area contributed by atoms with Gasteiger partial charge in [-0.25, -0.2) is 13.2 Å². The zero-order valence-electron chi connectivity index (χ0n) is 13.4. The minimum Gasteiger partial charge on any atom is -0.475 e. The number of halogens is 1. The average Bonchev–Trinajstić information content (AvgIpc) is 3.27. The van der Waals surface area contributed by atoms with Crippen molar-refractivity contribution in [3.63, 3.8) is 0 Å². The van der Waals surface area contributed by atoms with Crippen molar-refractivity contribution in [2.75, 3.05) is 11.9 Å². The van der Waals surface area contributed by atoms with Crippen molar-refractivity contribution >= 4 is 39.2 Å². The first-order chi connectivity index (χ1) is 12.3. The molecule has 1 aromatic carbocycles. The number of nitrogens with one attached hydrogen (secondary N) is 1. The van der Waals surface area contributed by atoms with Gasteiger partial charge in [0.05, 0.1) is 0 Å². The molecule has 2 N–H and O–H groups in total. The summed E-state index contributed by atoms with van der Waals surface area (Å²) in [6.07, 6.45) is 0.857. The summed E-state index contributed by atoms with van der Waals surface area (Å²) in [7, 11) is -4.12. The van der Waals surface area contributed by atoms with Crippen molar-refractivity contribution in [3.05, 3.63) is 47.2 Å². The topological polar surface area (TPSA) is 117 Å². The average molecular weight is 399 g/mol. The number of carboxylic acids is 1. The molecule has 26 heavy (non-hydrogen) atoms. The molecule has 10 heteroatoms. The van der Waals surface area contributed by atoms with Crippen molar-refractivity contribution in [2.45, 2.75) is 24.0 Å². The van der Waals surface area contributed by atoms with E-state index in [1.807, 2.05) is 0 Å². The Kier molecular flexibility index (Phi) is 5.03. The fourth-order valence-corrected chi connectivity index (χ4v) is 4.44. The van der Waals surface area contributed by atoms with Gasteiger partial charge in [-0.2, -0.15) is 4.31 Å². The lowest BCUT2D eigenvalue weighted by Gasteiger charge is -2.22. The third kappa shape index (κ3) is 3.59. The molecule has 1 saturated heterocycles. The van der Waals surface area contributed by atoms with E-state index in [0.717, 1.165) is 16.4 Å². The second-order valence-electron chi connectivity index (χ2n) is 5.69. The molecule has 8 nitrogen and oxygen atoms in total. The number of benzene rings is 1. The maximum absolute atomic E-state index is 12.7. The fourth-order valence-electron chi connectivity index (χ4n) is 2.74. The van der Waals surface area contributed by atoms with Gasteiger partial charge in [0.1, 0.15) is 6.04 Å². The minimum absolute atomic E-state index is 0.143. The van der Waals surface area contributed by atoms with Gasteiger partial charge in [-0.1, -0.05) is 11.6 Å². The van der Waals surface area contributed by atoms with Crippen LogP contribution < -0.4 is 5.32 Å². The second-order valence-corrected chi connectivity index (χ2v) is 7.95. The predicted octanol–water partition coefficient (Wildman–Crippen LogP) is 2.42. The zero-order chi connectivity index (χ0) is 18.9. The quantitative estimate of drug-likeness (QED) is 0.798. The maximum atomic E-state index is 12.7. The largest absolute Gasteiger partial charge is 0.475 e. The summed E-state index contributed by atoms with van der Waals surface area (Å²) in [4.78, 5) is 23.4. The molecule has 1 aliphatic heterocycles. The molecule has 0 saturated carbocycles. The van der Waals surface area contributed by atoms with E-state index in [0.29, 0.717) is 23.6 Å². The molecular formula is C16H15ClN2O6S. The number of sulfonamides is 1. The molecule has 0 spiro atoms. The summed E-state index contributed by atoms with van der Waals surface area (Å²) in [5.41, 5.74) is 0.495. The molecule has 1 amide bonds. The Morgan fingerprint density at radius 2 is 1.88 bits per heavy atom. The van der Waals surface area contributed by atoms with Gasteiger partial charge in [-0.15, -0.1) is 0 Å². The summed E-state index contributed by atoms with van der Waals surface area (Å²) in [5, 5.41) is 11.6. The number of amides is 1. The van der Waals surface area contributed by atoms with E-state index < -0.39 is 38.8 Å². The molecule has 1 atom stereocenters. The van der Waals surface area contributed by atoms with Crippen LogP contribution in [0.4, 0.5) is 5.69 Å². The van der Waals surface area contributed by atoms with Gasteiger partial charge in [0.2, 0.25) is 16.8 Å². The monoisotopic (exact) mass is 398 g/mol. The van der Waals surface area contributed by atoms with E-state index in [2.05, 4.69) is 5.32 Å². The van der Waals surface area contributed by atoms with E-state index in [-0.39, 0.29) is 6.54 Å². The molecule has 1 aromatic heterocycles. The van der Waals surface area contributed by atoms with Crippen LogP contribution in [0.3, 0.4) is 0 Å². The van der Waals surface area contributed by atoms with Crippen LogP contribution in [0.1, 0.15) is 23.4 Å². The van der Waals surface area contributed by atoms with Gasteiger partial charge in [-0.3, -0.25) is 4.79 Å². The normalized spacial score (nSPS) is 18.0. The summed E-state index contributed by atoms with van der Waals surface area (Å²) >= 11 is 5.80. The number of rotatable bonds is 5. The summed E-state index contributed by atoms with van der Waals surface area (Å²) in [5.74, 6) is -2.33. The SMILES string of the molecule is O=C(O)c1ccc(S(=O)(=O)N2CCCC2C(=O)Nc2ccc(Cl)cc2)o1. The van der Waals surface area contributed by atoms with E-state index in [1.165, 1.54) is 0 Å². The number of carbonyl (C=O) groups excluding carboxylic acids is 1. The Hall–Kier alpha value is -2.36. The number of anilines is 1. The number of hydrogen-bond donors (Lipinski definition) is 2. The van der Waals surface area contributed by atoms with Crippen molar-refractivity contribution in [3.8, 4) is 0 Å². The van der Waals surface area contributed by atoms with Crippen LogP contribution in [0.25, 0.3) is 0 Å². The highest BCUT2D eigenvalue weighted by Gasteiger charge is 2.41. The number of nitrogens with zero attached hydrogens (tertiary/aromatic N) is 1. The molecule has 138 valence electrons. The number of carbonyl (C=O) groups is 2. The molecule has 1 aliphatic rings. The zero-order valence-corrected chi connectivity index (χ0v) is 15.0. The highest BCUT2D eigenvalue weighted by Crippen LogP contribution is 2.28. The van der Waals surface area contributed by atoms with Gasteiger partial charge in [0.25, 0.3) is 10.0 Å². The van der Waals surface area contributed by atoms with E-state index in [4.69, 9.17) is 21.1 Å². The number of furan rings is 1. The Labute approximate surface area is 154 Å². The lowest BCUT2D eigenvalue weighted by atomic mass is 10.2. The molecule has 0 radical (unpaired) electrons. The Morgan fingerprint density at radius 1 is 1.19 bits per heavy atom. The van der Waals surface area contributed by atoms with Crippen LogP contribution >= 0.6 is 11.6 Å². The summed E-state index contributed by atoms with van der Waals surface area (Å²) in [6, 6.07) is 7.67. The van der Waals surface area contributed by atoms with Crippen LogP contribution in [0.2, 0.25) is 5.02 Å². The molecule has 3 rings (SSSR count). The van der Waals surface area contributed by atoms with Crippen molar-refractivity contribution in [2.24, 2.45) is 0 Å². The molecule has 2 aromatic rings. The Morgan fingerprint density at radius 3 is 2.50 bits per heavy atom. The van der Waals surface area contributed by atoms with Crippen molar-refractivity contribution < 1.29 is 27.5 Å². The fraction of sp³-hybridized carbons (Fsp3) is 0.250. The standard InChI is InChI=1S/C16H15ClN2O6S/c17-10-3-5-11(6-4-10)18-15(20)12-2-1-9-19(12)26(23,24)14-8-7-13(25-14)16(21)22/h3-8,12H,1-2,9H2,(H,18,20)(H,21,22). The first-order valence-electron chi connectivity index (χ1n) is 7.70. The smallest absolute Gasteiger partial charge is 0.371 e. The lowest BCUT2D eigenvalue weighted by molar-refractivity contribution is -0.119. The second kappa shape index (κ2) is 7.10. The number of hydrogen-bond acceptors (Lipinski definition) is 5. The lowest BCUT2D eigenvalue weighted by Crippen LogP contribution is -2.43. The van der Waals surface area contributed by atoms with Gasteiger partial charge in [0, 0.05) is 17.3 Å². The molecule has 0 aliphatic carbocycles. The molecular weight excluding hydrogens is 384 g/mol. The highest BCUT2D eigenvalue weighted by atomic mass is 35.5. The van der Waals surface area contributed by atoms with Gasteiger partial charge < -0.3 is 14.8 Å². The summed E-state index contributed by atoms with van der Waals surface area (Å²) in [6.45, 7) is 0.143. The summed E-state index contributed by atoms with van der Waals surface area (Å²) < 4.78 is 31.4. The first-order valence-corrected chi connectivity index (χ1v) is 9.52. The number of aromatic carboxylic acids is 1. The number of carboxylic acid groups (broad SMARTS) is 1. The molecule has 1 unspecified atom stereocenters. The highest BCUT2D eigenvalue weighted by molar-refractivity contribution is 7.89. The minimum atomic E-state index is -4.12. The van der Waals surface area contributed by atoms with Crippen molar-refractivity contribution in [1.29, 1.82) is 0 Å². The molecule has 2 heterocycles.